The smallest absolute Gasteiger partial charge is 0.354 e. The molecule has 0 aliphatic rings. The zero-order chi connectivity index (χ0) is 18.2. The van der Waals surface area contributed by atoms with Crippen molar-refractivity contribution >= 4 is 12.0 Å². The molecule has 0 unspecified atom stereocenters. The van der Waals surface area contributed by atoms with Crippen LogP contribution in [0.4, 0.5) is 0 Å². The highest BCUT2D eigenvalue weighted by atomic mass is 16.5. The van der Waals surface area contributed by atoms with Gasteiger partial charge in [0.2, 0.25) is 0 Å². The van der Waals surface area contributed by atoms with Crippen LogP contribution < -0.4 is 9.47 Å². The van der Waals surface area contributed by atoms with Crippen LogP contribution in [0.3, 0.4) is 0 Å². The molecule has 0 N–H and O–H groups in total. The zero-order valence-corrected chi connectivity index (χ0v) is 14.7. The van der Waals surface area contributed by atoms with Crippen molar-refractivity contribution in [3.63, 3.8) is 0 Å². The van der Waals surface area contributed by atoms with E-state index in [1.54, 1.807) is 24.3 Å². The molecule has 0 heterocycles. The molecule has 25 heavy (non-hydrogen) atoms. The summed E-state index contributed by atoms with van der Waals surface area (Å²) in [6, 6.07) is 14.6. The van der Waals surface area contributed by atoms with Crippen molar-refractivity contribution < 1.29 is 14.3 Å². The largest absolute Gasteiger partial charge is 0.494 e. The van der Waals surface area contributed by atoms with E-state index in [4.69, 9.17) is 9.47 Å². The van der Waals surface area contributed by atoms with Gasteiger partial charge in [-0.25, -0.2) is 4.79 Å². The highest BCUT2D eigenvalue weighted by Crippen LogP contribution is 2.19. The summed E-state index contributed by atoms with van der Waals surface area (Å²) in [6.45, 7) is 6.54. The highest BCUT2D eigenvalue weighted by Gasteiger charge is 2.12. The molecule has 0 aromatic heterocycles. The number of benzene rings is 2. The van der Waals surface area contributed by atoms with Crippen LogP contribution in [0.15, 0.2) is 48.0 Å². The molecule has 0 fully saturated rings. The monoisotopic (exact) mass is 335 g/mol. The third-order valence-corrected chi connectivity index (χ3v) is 3.41. The first-order chi connectivity index (χ1) is 12.0. The maximum absolute atomic E-state index is 12.2. The Kier molecular flexibility index (Phi) is 6.36. The lowest BCUT2D eigenvalue weighted by Crippen LogP contribution is -2.10. The number of nitriles is 1. The minimum Gasteiger partial charge on any atom is -0.494 e. The average Bonchev–Trinajstić information content (AvgIpc) is 2.57. The Hall–Kier alpha value is -3.06. The van der Waals surface area contributed by atoms with Gasteiger partial charge in [-0.05, 0) is 67.3 Å². The Labute approximate surface area is 148 Å². The number of rotatable bonds is 6. The number of aryl methyl sites for hydroxylation is 2. The Bertz CT molecular complexity index is 794. The minimum atomic E-state index is -0.668. The van der Waals surface area contributed by atoms with Gasteiger partial charge in [0.25, 0.3) is 0 Å². The van der Waals surface area contributed by atoms with Crippen molar-refractivity contribution in [3.05, 3.63) is 64.7 Å². The van der Waals surface area contributed by atoms with Crippen molar-refractivity contribution in [2.45, 2.75) is 27.2 Å². The van der Waals surface area contributed by atoms with E-state index < -0.39 is 5.97 Å². The standard InChI is InChI=1S/C21H21NO3/c1-4-9-24-19-7-5-17(6-8-19)13-18(14-22)21(23)25-20-11-15(2)10-16(3)12-20/h5-8,10-13H,4,9H2,1-3H3/b18-13+. The SMILES string of the molecule is CCCOc1ccc(/C=C(\C#N)C(=O)Oc2cc(C)cc(C)c2)cc1. The van der Waals surface area contributed by atoms with E-state index >= 15 is 0 Å². The molecule has 4 nitrogen and oxygen atoms in total. The van der Waals surface area contributed by atoms with Crippen LogP contribution >= 0.6 is 0 Å². The Morgan fingerprint density at radius 3 is 2.28 bits per heavy atom. The van der Waals surface area contributed by atoms with Crippen LogP contribution in [-0.2, 0) is 4.79 Å². The maximum Gasteiger partial charge on any atom is 0.354 e. The molecular weight excluding hydrogens is 314 g/mol. The first-order valence-corrected chi connectivity index (χ1v) is 8.17. The summed E-state index contributed by atoms with van der Waals surface area (Å²) < 4.78 is 10.8. The molecule has 0 aliphatic carbocycles. The number of carbonyl (C=O) groups is 1. The first-order valence-electron chi connectivity index (χ1n) is 8.17. The highest BCUT2D eigenvalue weighted by molar-refractivity contribution is 5.99. The molecular formula is C21H21NO3. The molecule has 2 rings (SSSR count). The number of carbonyl (C=O) groups excluding carboxylic acids is 1. The number of hydrogen-bond donors (Lipinski definition) is 0. The van der Waals surface area contributed by atoms with Gasteiger partial charge in [-0.15, -0.1) is 0 Å². The summed E-state index contributed by atoms with van der Waals surface area (Å²) in [6.07, 6.45) is 2.44. The zero-order valence-electron chi connectivity index (χ0n) is 14.7. The normalized spacial score (nSPS) is 10.9. The lowest BCUT2D eigenvalue weighted by molar-refractivity contribution is -0.129. The van der Waals surface area contributed by atoms with Crippen molar-refractivity contribution in [1.82, 2.24) is 0 Å². The molecule has 0 aliphatic heterocycles. The first kappa shape index (κ1) is 18.3. The fourth-order valence-corrected chi connectivity index (χ4v) is 2.34. The Balaban J connectivity index is 2.13. The third kappa shape index (κ3) is 5.50. The quantitative estimate of drug-likeness (QED) is 0.335. The molecule has 0 spiro atoms. The molecule has 0 amide bonds. The summed E-state index contributed by atoms with van der Waals surface area (Å²) in [5.41, 5.74) is 2.67. The molecule has 2 aromatic carbocycles. The van der Waals surface area contributed by atoms with Gasteiger partial charge in [0.15, 0.2) is 0 Å². The van der Waals surface area contributed by atoms with Crippen molar-refractivity contribution in [2.24, 2.45) is 0 Å². The fourth-order valence-electron chi connectivity index (χ4n) is 2.34. The van der Waals surface area contributed by atoms with Crippen LogP contribution in [0.2, 0.25) is 0 Å². The minimum absolute atomic E-state index is 0.0543. The summed E-state index contributed by atoms with van der Waals surface area (Å²) in [4.78, 5) is 12.2. The number of nitrogens with zero attached hydrogens (tertiary/aromatic N) is 1. The van der Waals surface area contributed by atoms with E-state index in [0.717, 1.165) is 28.9 Å². The molecule has 2 aromatic rings. The summed E-state index contributed by atoms with van der Waals surface area (Å²) in [5, 5.41) is 9.27. The second-order valence-corrected chi connectivity index (χ2v) is 5.80. The van der Waals surface area contributed by atoms with Crippen molar-refractivity contribution in [3.8, 4) is 17.6 Å². The van der Waals surface area contributed by atoms with Crippen molar-refractivity contribution in [2.75, 3.05) is 6.61 Å². The van der Waals surface area contributed by atoms with E-state index in [9.17, 15) is 10.1 Å². The summed E-state index contributed by atoms with van der Waals surface area (Å²) in [7, 11) is 0. The van der Waals surface area contributed by atoms with Crippen molar-refractivity contribution in [1.29, 1.82) is 5.26 Å². The van der Waals surface area contributed by atoms with Gasteiger partial charge >= 0.3 is 5.97 Å². The van der Waals surface area contributed by atoms with Crippen LogP contribution in [0.1, 0.15) is 30.0 Å². The predicted octanol–water partition coefficient (Wildman–Crippen LogP) is 4.60. The molecule has 128 valence electrons. The van der Waals surface area contributed by atoms with E-state index in [0.29, 0.717) is 12.4 Å². The molecule has 0 atom stereocenters. The number of esters is 1. The number of ether oxygens (including phenoxy) is 2. The molecule has 0 saturated heterocycles. The van der Waals surface area contributed by atoms with Crippen LogP contribution in [-0.4, -0.2) is 12.6 Å². The summed E-state index contributed by atoms with van der Waals surface area (Å²) >= 11 is 0. The fraction of sp³-hybridized carbons (Fsp3) is 0.238. The topological polar surface area (TPSA) is 59.3 Å². The average molecular weight is 335 g/mol. The molecule has 0 radical (unpaired) electrons. The second-order valence-electron chi connectivity index (χ2n) is 5.80. The van der Waals surface area contributed by atoms with Crippen LogP contribution in [0.25, 0.3) is 6.08 Å². The lowest BCUT2D eigenvalue weighted by atomic mass is 10.1. The predicted molar refractivity (Wildman–Crippen MR) is 97.4 cm³/mol. The van der Waals surface area contributed by atoms with E-state index in [1.807, 2.05) is 45.0 Å². The van der Waals surface area contributed by atoms with Gasteiger partial charge in [0.1, 0.15) is 23.1 Å². The maximum atomic E-state index is 12.2. The van der Waals surface area contributed by atoms with Gasteiger partial charge in [-0.3, -0.25) is 0 Å². The Morgan fingerprint density at radius 1 is 1.08 bits per heavy atom. The van der Waals surface area contributed by atoms with Crippen LogP contribution in [0, 0.1) is 25.2 Å². The lowest BCUT2D eigenvalue weighted by Gasteiger charge is -2.06. The number of hydrogen-bond acceptors (Lipinski definition) is 4. The molecule has 0 saturated carbocycles. The van der Waals surface area contributed by atoms with E-state index in [2.05, 4.69) is 0 Å². The van der Waals surface area contributed by atoms with Gasteiger partial charge in [0.05, 0.1) is 6.61 Å². The summed E-state index contributed by atoms with van der Waals surface area (Å²) in [5.74, 6) is 0.529. The van der Waals surface area contributed by atoms with E-state index in [-0.39, 0.29) is 5.57 Å². The van der Waals surface area contributed by atoms with Gasteiger partial charge in [0, 0.05) is 0 Å². The van der Waals surface area contributed by atoms with Gasteiger partial charge in [-0.2, -0.15) is 5.26 Å². The third-order valence-electron chi connectivity index (χ3n) is 3.41. The van der Waals surface area contributed by atoms with Gasteiger partial charge < -0.3 is 9.47 Å². The van der Waals surface area contributed by atoms with Crippen LogP contribution in [0.5, 0.6) is 11.5 Å². The second kappa shape index (κ2) is 8.70. The molecule has 0 bridgehead atoms. The van der Waals surface area contributed by atoms with Gasteiger partial charge in [-0.1, -0.05) is 25.1 Å². The van der Waals surface area contributed by atoms with E-state index in [1.165, 1.54) is 6.08 Å². The Morgan fingerprint density at radius 2 is 1.72 bits per heavy atom. The molecule has 4 heteroatoms.